The van der Waals surface area contributed by atoms with Crippen LogP contribution < -0.4 is 0 Å². The second kappa shape index (κ2) is 4.33. The number of esters is 1. The van der Waals surface area contributed by atoms with Gasteiger partial charge in [0.15, 0.2) is 5.94 Å². The van der Waals surface area contributed by atoms with Crippen molar-refractivity contribution in [2.45, 2.75) is 6.92 Å². The van der Waals surface area contributed by atoms with E-state index in [2.05, 4.69) is 11.3 Å². The lowest BCUT2D eigenvalue weighted by Crippen LogP contribution is -1.98. The van der Waals surface area contributed by atoms with Crippen LogP contribution in [0.15, 0.2) is 24.1 Å². The summed E-state index contributed by atoms with van der Waals surface area (Å²) in [7, 11) is 0. The van der Waals surface area contributed by atoms with E-state index in [9.17, 15) is 9.59 Å². The summed E-state index contributed by atoms with van der Waals surface area (Å²) in [5.74, 6) is 0.719. The van der Waals surface area contributed by atoms with Gasteiger partial charge in [-0.05, 0) is 6.92 Å². The van der Waals surface area contributed by atoms with Crippen LogP contribution in [0.3, 0.4) is 0 Å². The SMILES string of the molecule is C=C(C)C(=O)OC=C=C=O. The lowest BCUT2D eigenvalue weighted by molar-refractivity contribution is -0.133. The van der Waals surface area contributed by atoms with Crippen molar-refractivity contribution in [3.05, 3.63) is 24.1 Å². The first-order valence-electron chi connectivity index (χ1n) is 2.49. The average Bonchev–Trinajstić information content (AvgIpc) is 1.88. The molecule has 0 fully saturated rings. The summed E-state index contributed by atoms with van der Waals surface area (Å²) in [6.45, 7) is 4.81. The van der Waals surface area contributed by atoms with Gasteiger partial charge in [0.1, 0.15) is 6.26 Å². The fourth-order valence-electron chi connectivity index (χ4n) is 0.208. The summed E-state index contributed by atoms with van der Waals surface area (Å²) in [6, 6.07) is 0. The summed E-state index contributed by atoms with van der Waals surface area (Å²) >= 11 is 0. The Kier molecular flexibility index (Phi) is 3.66. The Morgan fingerprint density at radius 1 is 1.70 bits per heavy atom. The Hall–Kier alpha value is -1.56. The highest BCUT2D eigenvalue weighted by atomic mass is 16.5. The molecule has 0 amide bonds. The average molecular weight is 138 g/mol. The van der Waals surface area contributed by atoms with Crippen molar-refractivity contribution in [3.63, 3.8) is 0 Å². The van der Waals surface area contributed by atoms with Crippen molar-refractivity contribution in [2.75, 3.05) is 0 Å². The highest BCUT2D eigenvalue weighted by molar-refractivity contribution is 5.87. The first-order chi connectivity index (χ1) is 4.68. The van der Waals surface area contributed by atoms with Crippen LogP contribution in [-0.2, 0) is 14.3 Å². The van der Waals surface area contributed by atoms with Crippen LogP contribution in [-0.4, -0.2) is 11.9 Å². The maximum absolute atomic E-state index is 10.5. The van der Waals surface area contributed by atoms with Gasteiger partial charge in [0.2, 0.25) is 0 Å². The second-order valence-electron chi connectivity index (χ2n) is 1.55. The molecule has 52 valence electrons. The van der Waals surface area contributed by atoms with E-state index in [0.717, 1.165) is 6.26 Å². The highest BCUT2D eigenvalue weighted by Gasteiger charge is 1.97. The maximum Gasteiger partial charge on any atom is 0.338 e. The van der Waals surface area contributed by atoms with Crippen molar-refractivity contribution in [2.24, 2.45) is 0 Å². The minimum absolute atomic E-state index is 0.268. The molecule has 0 saturated heterocycles. The molecule has 0 aromatic rings. The van der Waals surface area contributed by atoms with Gasteiger partial charge in [-0.1, -0.05) is 6.58 Å². The van der Waals surface area contributed by atoms with E-state index in [0.29, 0.717) is 0 Å². The van der Waals surface area contributed by atoms with E-state index in [1.54, 1.807) is 0 Å². The van der Waals surface area contributed by atoms with Gasteiger partial charge in [-0.25, -0.2) is 9.59 Å². The molecule has 0 aliphatic rings. The molecule has 0 atom stereocenters. The van der Waals surface area contributed by atoms with Gasteiger partial charge in [0.25, 0.3) is 0 Å². The predicted octanol–water partition coefficient (Wildman–Crippen LogP) is 0.606. The molecule has 0 rings (SSSR count). The fraction of sp³-hybridized carbons (Fsp3) is 0.143. The van der Waals surface area contributed by atoms with Crippen LogP contribution in [0.1, 0.15) is 6.92 Å². The smallest absolute Gasteiger partial charge is 0.338 e. The van der Waals surface area contributed by atoms with Gasteiger partial charge in [-0.3, -0.25) is 0 Å². The normalized spacial score (nSPS) is 6.90. The fourth-order valence-corrected chi connectivity index (χ4v) is 0.208. The zero-order valence-corrected chi connectivity index (χ0v) is 5.51. The molecule has 0 heterocycles. The molecule has 3 heteroatoms. The molecule has 0 aromatic heterocycles. The highest BCUT2D eigenvalue weighted by Crippen LogP contribution is 1.90. The molecular weight excluding hydrogens is 132 g/mol. The Bertz CT molecular complexity index is 227. The van der Waals surface area contributed by atoms with E-state index >= 15 is 0 Å². The van der Waals surface area contributed by atoms with E-state index in [4.69, 9.17) is 0 Å². The Labute approximate surface area is 58.3 Å². The molecular formula is C7H6O3. The predicted molar refractivity (Wildman–Crippen MR) is 34.7 cm³/mol. The van der Waals surface area contributed by atoms with E-state index in [1.165, 1.54) is 12.9 Å². The molecule has 0 aromatic carbocycles. The van der Waals surface area contributed by atoms with Crippen molar-refractivity contribution >= 4 is 11.9 Å². The molecule has 3 nitrogen and oxygen atoms in total. The van der Waals surface area contributed by atoms with E-state index in [-0.39, 0.29) is 5.57 Å². The summed E-state index contributed by atoms with van der Waals surface area (Å²) in [5, 5.41) is 0. The van der Waals surface area contributed by atoms with Crippen molar-refractivity contribution < 1.29 is 14.3 Å². The van der Waals surface area contributed by atoms with Crippen LogP contribution in [0.2, 0.25) is 0 Å². The maximum atomic E-state index is 10.5. The summed E-state index contributed by atoms with van der Waals surface area (Å²) in [5.41, 5.74) is 2.19. The van der Waals surface area contributed by atoms with Crippen molar-refractivity contribution in [3.8, 4) is 0 Å². The topological polar surface area (TPSA) is 43.4 Å². The van der Waals surface area contributed by atoms with Gasteiger partial charge in [0, 0.05) is 11.3 Å². The number of carbonyl (C=O) groups excluding carboxylic acids is 2. The summed E-state index contributed by atoms with van der Waals surface area (Å²) in [4.78, 5) is 20.0. The Morgan fingerprint density at radius 2 is 2.30 bits per heavy atom. The second-order valence-corrected chi connectivity index (χ2v) is 1.55. The molecule has 0 radical (unpaired) electrons. The zero-order chi connectivity index (χ0) is 7.98. The molecule has 0 N–H and O–H groups in total. The lowest BCUT2D eigenvalue weighted by atomic mass is 10.4. The van der Waals surface area contributed by atoms with Crippen LogP contribution in [0.25, 0.3) is 0 Å². The first-order valence-corrected chi connectivity index (χ1v) is 2.49. The molecule has 10 heavy (non-hydrogen) atoms. The molecule has 0 unspecified atom stereocenters. The summed E-state index contributed by atoms with van der Waals surface area (Å²) < 4.78 is 4.31. The largest absolute Gasteiger partial charge is 0.422 e. The van der Waals surface area contributed by atoms with Crippen LogP contribution in [0, 0.1) is 0 Å². The Balaban J connectivity index is 3.94. The molecule has 0 aliphatic carbocycles. The van der Waals surface area contributed by atoms with E-state index < -0.39 is 5.97 Å². The summed E-state index contributed by atoms with van der Waals surface area (Å²) in [6.07, 6.45) is 0.837. The third-order valence-corrected chi connectivity index (χ3v) is 0.632. The van der Waals surface area contributed by atoms with E-state index in [1.807, 2.05) is 5.73 Å². The number of ether oxygens (including phenoxy) is 1. The third-order valence-electron chi connectivity index (χ3n) is 0.632. The lowest BCUT2D eigenvalue weighted by Gasteiger charge is -1.92. The Morgan fingerprint density at radius 3 is 2.70 bits per heavy atom. The molecule has 0 saturated carbocycles. The first kappa shape index (κ1) is 8.44. The van der Waals surface area contributed by atoms with Crippen molar-refractivity contribution in [1.82, 2.24) is 0 Å². The third kappa shape index (κ3) is 3.44. The van der Waals surface area contributed by atoms with Gasteiger partial charge < -0.3 is 4.74 Å². The van der Waals surface area contributed by atoms with Crippen LogP contribution >= 0.6 is 0 Å². The quantitative estimate of drug-likeness (QED) is 0.184. The number of hydrogen-bond donors (Lipinski definition) is 0. The van der Waals surface area contributed by atoms with Gasteiger partial charge in [-0.2, -0.15) is 0 Å². The minimum Gasteiger partial charge on any atom is -0.422 e. The monoisotopic (exact) mass is 138 g/mol. The van der Waals surface area contributed by atoms with Gasteiger partial charge in [-0.15, -0.1) is 0 Å². The van der Waals surface area contributed by atoms with Crippen LogP contribution in [0.5, 0.6) is 0 Å². The number of hydrogen-bond acceptors (Lipinski definition) is 3. The van der Waals surface area contributed by atoms with Crippen molar-refractivity contribution in [1.29, 1.82) is 0 Å². The zero-order valence-electron chi connectivity index (χ0n) is 5.51. The molecule has 0 bridgehead atoms. The van der Waals surface area contributed by atoms with Gasteiger partial charge >= 0.3 is 5.97 Å². The van der Waals surface area contributed by atoms with Gasteiger partial charge in [0.05, 0.1) is 0 Å². The molecule has 0 aliphatic heterocycles. The number of carbonyl (C=O) groups is 1. The number of rotatable bonds is 2. The molecule has 0 spiro atoms. The minimum atomic E-state index is -0.581. The van der Waals surface area contributed by atoms with Crippen LogP contribution in [0.4, 0.5) is 0 Å². The standard InChI is InChI=1S/C7H6O3/c1-6(2)7(9)10-5-3-4-8/h5H,1H2,2H3.